The normalized spacial score (nSPS) is 9.20. The van der Waals surface area contributed by atoms with Crippen molar-refractivity contribution in [3.63, 3.8) is 0 Å². The van der Waals surface area contributed by atoms with E-state index < -0.39 is 5.97 Å². The summed E-state index contributed by atoms with van der Waals surface area (Å²) >= 11 is 3.74. The van der Waals surface area contributed by atoms with Crippen LogP contribution >= 0.6 is 33.9 Å². The fourth-order valence-corrected chi connectivity index (χ4v) is 1.78. The summed E-state index contributed by atoms with van der Waals surface area (Å²) < 4.78 is 0. The van der Waals surface area contributed by atoms with Crippen LogP contribution in [0.2, 0.25) is 0 Å². The Labute approximate surface area is 105 Å². The molecule has 0 bridgehead atoms. The first-order valence-corrected chi connectivity index (χ1v) is 7.19. The zero-order chi connectivity index (χ0) is 11.3. The number of rotatable bonds is 2. The molecule has 0 saturated carbocycles. The molecule has 80 valence electrons. The number of nitrogens with one attached hydrogen (secondary N) is 1. The average molecular weight is 335 g/mol. The molecule has 5 heteroatoms. The maximum Gasteiger partial charge on any atom is 0.352 e. The van der Waals surface area contributed by atoms with E-state index in [0.29, 0.717) is 0 Å². The number of aromatic amines is 1. The van der Waals surface area contributed by atoms with Crippen LogP contribution in [-0.2, 0) is 0 Å². The van der Waals surface area contributed by atoms with Gasteiger partial charge in [0, 0.05) is 11.8 Å². The minimum atomic E-state index is -0.929. The van der Waals surface area contributed by atoms with Gasteiger partial charge in [-0.3, -0.25) is 0 Å². The van der Waals surface area contributed by atoms with Crippen LogP contribution in [0.1, 0.15) is 10.5 Å². The Morgan fingerprint density at radius 1 is 1.47 bits per heavy atom. The number of carbonyl (C=O) groups is 1. The number of H-pyrrole nitrogens is 1. The standard InChI is InChI=1S/C9H7NO2S.CH3I/c11-9(12)8-3-7(4-10-8)6-1-2-13-5-6;1-2/h1-5,10H,(H,11,12);1H3. The Morgan fingerprint density at radius 2 is 2.20 bits per heavy atom. The number of aromatic carboxylic acids is 1. The van der Waals surface area contributed by atoms with Crippen LogP contribution in [-0.4, -0.2) is 21.0 Å². The summed E-state index contributed by atoms with van der Waals surface area (Å²) in [5, 5.41) is 12.6. The number of hydrogen-bond donors (Lipinski definition) is 2. The molecule has 0 atom stereocenters. The van der Waals surface area contributed by atoms with Gasteiger partial charge in [0.1, 0.15) is 5.69 Å². The van der Waals surface area contributed by atoms with Crippen molar-refractivity contribution >= 4 is 39.9 Å². The number of carboxylic acid groups (broad SMARTS) is 1. The molecule has 2 rings (SSSR count). The summed E-state index contributed by atoms with van der Waals surface area (Å²) in [6.45, 7) is 0. The molecule has 2 aromatic heterocycles. The topological polar surface area (TPSA) is 53.1 Å². The lowest BCUT2D eigenvalue weighted by atomic mass is 10.2. The van der Waals surface area contributed by atoms with E-state index in [2.05, 4.69) is 27.6 Å². The second-order valence-corrected chi connectivity index (χ2v) is 3.40. The van der Waals surface area contributed by atoms with Crippen molar-refractivity contribution in [3.05, 3.63) is 34.8 Å². The molecule has 0 aliphatic carbocycles. The van der Waals surface area contributed by atoms with Crippen molar-refractivity contribution in [3.8, 4) is 11.1 Å². The van der Waals surface area contributed by atoms with Crippen LogP contribution in [0.4, 0.5) is 0 Å². The molecule has 15 heavy (non-hydrogen) atoms. The van der Waals surface area contributed by atoms with E-state index in [9.17, 15) is 4.79 Å². The van der Waals surface area contributed by atoms with Crippen molar-refractivity contribution in [1.29, 1.82) is 0 Å². The van der Waals surface area contributed by atoms with Gasteiger partial charge >= 0.3 is 5.97 Å². The monoisotopic (exact) mass is 335 g/mol. The molecule has 0 saturated heterocycles. The molecule has 0 amide bonds. The summed E-state index contributed by atoms with van der Waals surface area (Å²) in [5.41, 5.74) is 2.19. The summed E-state index contributed by atoms with van der Waals surface area (Å²) in [4.78, 5) is 15.2. The van der Waals surface area contributed by atoms with Crippen molar-refractivity contribution in [2.75, 3.05) is 4.93 Å². The van der Waals surface area contributed by atoms with E-state index >= 15 is 0 Å². The molecule has 0 unspecified atom stereocenters. The minimum Gasteiger partial charge on any atom is -0.477 e. The van der Waals surface area contributed by atoms with Crippen molar-refractivity contribution in [1.82, 2.24) is 4.98 Å². The van der Waals surface area contributed by atoms with Crippen LogP contribution in [0.3, 0.4) is 0 Å². The maximum absolute atomic E-state index is 10.6. The fourth-order valence-electron chi connectivity index (χ4n) is 1.11. The quantitative estimate of drug-likeness (QED) is 0.652. The van der Waals surface area contributed by atoms with Gasteiger partial charge in [-0.25, -0.2) is 4.79 Å². The van der Waals surface area contributed by atoms with Crippen LogP contribution < -0.4 is 0 Å². The van der Waals surface area contributed by atoms with Gasteiger partial charge in [0.2, 0.25) is 0 Å². The molecule has 0 fully saturated rings. The molecule has 3 nitrogen and oxygen atoms in total. The summed E-state index contributed by atoms with van der Waals surface area (Å²) in [6, 6.07) is 3.59. The van der Waals surface area contributed by atoms with Gasteiger partial charge in [-0.1, -0.05) is 22.6 Å². The van der Waals surface area contributed by atoms with Gasteiger partial charge in [0.25, 0.3) is 0 Å². The van der Waals surface area contributed by atoms with Crippen LogP contribution in [0.25, 0.3) is 11.1 Å². The zero-order valence-corrected chi connectivity index (χ0v) is 11.0. The van der Waals surface area contributed by atoms with E-state index in [4.69, 9.17) is 5.11 Å². The first kappa shape index (κ1) is 12.3. The highest BCUT2D eigenvalue weighted by molar-refractivity contribution is 14.1. The third-order valence-electron chi connectivity index (χ3n) is 1.77. The molecular weight excluding hydrogens is 325 g/mol. The largest absolute Gasteiger partial charge is 0.477 e. The molecular formula is C10H10INO2S. The third-order valence-corrected chi connectivity index (χ3v) is 2.45. The number of aromatic nitrogens is 1. The van der Waals surface area contributed by atoms with E-state index in [1.54, 1.807) is 23.6 Å². The number of carboxylic acids is 1. The number of thiophene rings is 1. The van der Waals surface area contributed by atoms with Crippen molar-refractivity contribution < 1.29 is 9.90 Å². The van der Waals surface area contributed by atoms with Crippen molar-refractivity contribution in [2.45, 2.75) is 0 Å². The van der Waals surface area contributed by atoms with Gasteiger partial charge in [-0.05, 0) is 33.4 Å². The highest BCUT2D eigenvalue weighted by Gasteiger charge is 2.06. The van der Waals surface area contributed by atoms with E-state index in [0.717, 1.165) is 11.1 Å². The Bertz CT molecular complexity index is 422. The lowest BCUT2D eigenvalue weighted by molar-refractivity contribution is 0.0691. The predicted molar refractivity (Wildman–Crippen MR) is 71.0 cm³/mol. The summed E-state index contributed by atoms with van der Waals surface area (Å²) in [5.74, 6) is -0.929. The van der Waals surface area contributed by atoms with Crippen LogP contribution in [0, 0.1) is 0 Å². The van der Waals surface area contributed by atoms with Gasteiger partial charge in [0.05, 0.1) is 0 Å². The smallest absolute Gasteiger partial charge is 0.352 e. The molecule has 2 heterocycles. The molecule has 0 spiro atoms. The fraction of sp³-hybridized carbons (Fsp3) is 0.100. The van der Waals surface area contributed by atoms with E-state index in [1.165, 1.54) is 0 Å². The molecule has 0 aromatic carbocycles. The van der Waals surface area contributed by atoms with Crippen LogP contribution in [0.5, 0.6) is 0 Å². The summed E-state index contributed by atoms with van der Waals surface area (Å²) in [6.07, 6.45) is 1.70. The molecule has 0 radical (unpaired) electrons. The summed E-state index contributed by atoms with van der Waals surface area (Å²) in [7, 11) is 0. The average Bonchev–Trinajstić information content (AvgIpc) is 2.91. The van der Waals surface area contributed by atoms with Gasteiger partial charge in [-0.15, -0.1) is 0 Å². The Hall–Kier alpha value is -0.820. The van der Waals surface area contributed by atoms with Gasteiger partial charge < -0.3 is 10.1 Å². The Morgan fingerprint density at radius 3 is 2.67 bits per heavy atom. The van der Waals surface area contributed by atoms with Gasteiger partial charge in [0.15, 0.2) is 0 Å². The lowest BCUT2D eigenvalue weighted by Crippen LogP contribution is -1.94. The SMILES string of the molecule is CI.O=C(O)c1cc(-c2ccsc2)c[nH]1. The van der Waals surface area contributed by atoms with Crippen LogP contribution in [0.15, 0.2) is 29.1 Å². The first-order chi connectivity index (χ1) is 7.27. The Balaban J connectivity index is 0.000000531. The third kappa shape index (κ3) is 3.07. The highest BCUT2D eigenvalue weighted by Crippen LogP contribution is 2.22. The van der Waals surface area contributed by atoms with Crippen molar-refractivity contribution in [2.24, 2.45) is 0 Å². The highest BCUT2D eigenvalue weighted by atomic mass is 127. The first-order valence-electron chi connectivity index (χ1n) is 4.09. The predicted octanol–water partition coefficient (Wildman–Crippen LogP) is 3.49. The van der Waals surface area contributed by atoms with E-state index in [1.807, 2.05) is 21.8 Å². The second-order valence-electron chi connectivity index (χ2n) is 2.62. The minimum absolute atomic E-state index is 0.223. The maximum atomic E-state index is 10.6. The molecule has 2 aromatic rings. The molecule has 2 N–H and O–H groups in total. The van der Waals surface area contributed by atoms with Gasteiger partial charge in [-0.2, -0.15) is 11.3 Å². The zero-order valence-electron chi connectivity index (χ0n) is 8.03. The molecule has 0 aliphatic heterocycles. The second kappa shape index (κ2) is 5.92. The number of alkyl halides is 1. The number of halogens is 1. The Kier molecular flexibility index (Phi) is 4.83. The lowest BCUT2D eigenvalue weighted by Gasteiger charge is -1.86. The van der Waals surface area contributed by atoms with E-state index in [-0.39, 0.29) is 5.69 Å². The number of hydrogen-bond acceptors (Lipinski definition) is 2. The molecule has 0 aliphatic rings.